The molecule has 2 atom stereocenters. The first kappa shape index (κ1) is 13.2. The number of nitrogens with two attached hydrogens (primary N) is 1. The van der Waals surface area contributed by atoms with E-state index in [1.54, 1.807) is 4.90 Å². The summed E-state index contributed by atoms with van der Waals surface area (Å²) in [7, 11) is 0. The van der Waals surface area contributed by atoms with Crippen LogP contribution in [-0.2, 0) is 6.54 Å². The molecule has 0 saturated carbocycles. The highest BCUT2D eigenvalue weighted by molar-refractivity contribution is 5.51. The zero-order chi connectivity index (χ0) is 13.3. The number of halogens is 2. The minimum atomic E-state index is -0.614. The maximum Gasteiger partial charge on any atom is 0.149 e. The predicted molar refractivity (Wildman–Crippen MR) is 66.3 cm³/mol. The molecule has 0 bridgehead atoms. The molecule has 3 nitrogen and oxygen atoms in total. The quantitative estimate of drug-likeness (QED) is 0.845. The maximum atomic E-state index is 13.9. The van der Waals surface area contributed by atoms with Crippen LogP contribution in [0.4, 0.5) is 14.5 Å². The van der Waals surface area contributed by atoms with Gasteiger partial charge in [-0.15, -0.1) is 0 Å². The maximum absolute atomic E-state index is 13.9. The highest BCUT2D eigenvalue weighted by Gasteiger charge is 2.27. The molecular formula is C13H18F2N2O. The number of aliphatic hydroxyl groups is 1. The average molecular weight is 256 g/mol. The molecule has 1 fully saturated rings. The Balaban J connectivity index is 2.28. The fraction of sp³-hybridized carbons (Fsp3) is 0.538. The number of rotatable bonds is 2. The molecule has 2 unspecified atom stereocenters. The van der Waals surface area contributed by atoms with Crippen molar-refractivity contribution in [3.8, 4) is 0 Å². The van der Waals surface area contributed by atoms with Crippen LogP contribution in [0.1, 0.15) is 18.9 Å². The third-order valence-electron chi connectivity index (χ3n) is 3.55. The Bertz CT molecular complexity index is 416. The fourth-order valence-electron chi connectivity index (χ4n) is 2.29. The van der Waals surface area contributed by atoms with E-state index in [1.165, 1.54) is 12.1 Å². The highest BCUT2D eigenvalue weighted by Crippen LogP contribution is 2.29. The van der Waals surface area contributed by atoms with E-state index in [1.807, 2.05) is 6.92 Å². The normalized spacial score (nSPS) is 24.4. The first-order valence-electron chi connectivity index (χ1n) is 6.14. The van der Waals surface area contributed by atoms with Crippen molar-refractivity contribution in [1.29, 1.82) is 0 Å². The molecule has 0 radical (unpaired) electrons. The summed E-state index contributed by atoms with van der Waals surface area (Å²) in [5.41, 5.74) is 5.74. The number of hydrogen-bond acceptors (Lipinski definition) is 3. The van der Waals surface area contributed by atoms with E-state index in [4.69, 9.17) is 5.73 Å². The second-order valence-corrected chi connectivity index (χ2v) is 4.89. The lowest BCUT2D eigenvalue weighted by molar-refractivity contribution is 0.102. The van der Waals surface area contributed by atoms with Crippen molar-refractivity contribution in [3.63, 3.8) is 0 Å². The number of aliphatic hydroxyl groups excluding tert-OH is 1. The van der Waals surface area contributed by atoms with Crippen LogP contribution in [0.25, 0.3) is 0 Å². The van der Waals surface area contributed by atoms with Crippen LogP contribution < -0.4 is 10.6 Å². The third-order valence-corrected chi connectivity index (χ3v) is 3.55. The molecule has 100 valence electrons. The minimum absolute atomic E-state index is 0.0573. The number of nitrogens with zero attached hydrogens (tertiary/aromatic N) is 1. The monoisotopic (exact) mass is 256 g/mol. The van der Waals surface area contributed by atoms with Gasteiger partial charge in [0.05, 0.1) is 6.10 Å². The molecule has 1 aliphatic rings. The van der Waals surface area contributed by atoms with Gasteiger partial charge in [0.2, 0.25) is 0 Å². The molecule has 1 heterocycles. The zero-order valence-corrected chi connectivity index (χ0v) is 10.4. The molecular weight excluding hydrogens is 238 g/mol. The summed E-state index contributed by atoms with van der Waals surface area (Å²) in [5, 5.41) is 9.79. The van der Waals surface area contributed by atoms with Crippen molar-refractivity contribution in [2.45, 2.75) is 26.0 Å². The molecule has 0 aromatic heterocycles. The van der Waals surface area contributed by atoms with E-state index in [0.717, 1.165) is 6.42 Å². The van der Waals surface area contributed by atoms with Crippen LogP contribution in [-0.4, -0.2) is 24.3 Å². The standard InChI is InChI=1S/C13H18F2N2O/c1-8-2-3-17(7-12(8)18)13-10(14)4-9(6-16)5-11(13)15/h4-5,8,12,18H,2-3,6-7,16H2,1H3. The average Bonchev–Trinajstić information content (AvgIpc) is 2.32. The molecule has 1 aromatic carbocycles. The SMILES string of the molecule is CC1CCN(c2c(F)cc(CN)cc2F)CC1O. The lowest BCUT2D eigenvalue weighted by atomic mass is 9.95. The Morgan fingerprint density at radius 1 is 1.39 bits per heavy atom. The smallest absolute Gasteiger partial charge is 0.149 e. The van der Waals surface area contributed by atoms with Gasteiger partial charge >= 0.3 is 0 Å². The lowest BCUT2D eigenvalue weighted by Gasteiger charge is -2.36. The van der Waals surface area contributed by atoms with Gasteiger partial charge in [0.25, 0.3) is 0 Å². The molecule has 18 heavy (non-hydrogen) atoms. The van der Waals surface area contributed by atoms with Crippen LogP contribution in [0.5, 0.6) is 0 Å². The molecule has 1 aromatic rings. The minimum Gasteiger partial charge on any atom is -0.391 e. The van der Waals surface area contributed by atoms with Gasteiger partial charge in [0, 0.05) is 19.6 Å². The van der Waals surface area contributed by atoms with Gasteiger partial charge in [-0.1, -0.05) is 6.92 Å². The second-order valence-electron chi connectivity index (χ2n) is 4.89. The van der Waals surface area contributed by atoms with Crippen molar-refractivity contribution in [3.05, 3.63) is 29.3 Å². The first-order valence-corrected chi connectivity index (χ1v) is 6.14. The summed E-state index contributed by atoms with van der Waals surface area (Å²) in [4.78, 5) is 1.57. The molecule has 0 spiro atoms. The van der Waals surface area contributed by atoms with E-state index in [-0.39, 0.29) is 24.7 Å². The number of anilines is 1. The molecule has 3 N–H and O–H groups in total. The van der Waals surface area contributed by atoms with Crippen LogP contribution >= 0.6 is 0 Å². The van der Waals surface area contributed by atoms with Crippen molar-refractivity contribution < 1.29 is 13.9 Å². The Labute approximate surface area is 105 Å². The molecule has 0 aliphatic carbocycles. The summed E-state index contributed by atoms with van der Waals surface area (Å²) >= 11 is 0. The highest BCUT2D eigenvalue weighted by atomic mass is 19.1. The zero-order valence-electron chi connectivity index (χ0n) is 10.4. The fourth-order valence-corrected chi connectivity index (χ4v) is 2.29. The molecule has 1 saturated heterocycles. The molecule has 5 heteroatoms. The Kier molecular flexibility index (Phi) is 3.82. The van der Waals surface area contributed by atoms with Gasteiger partial charge in [-0.2, -0.15) is 0 Å². The van der Waals surface area contributed by atoms with Crippen LogP contribution in [0.2, 0.25) is 0 Å². The summed E-state index contributed by atoms with van der Waals surface area (Å²) in [6, 6.07) is 2.51. The van der Waals surface area contributed by atoms with E-state index in [9.17, 15) is 13.9 Å². The van der Waals surface area contributed by atoms with Crippen LogP contribution in [0.15, 0.2) is 12.1 Å². The number of β-amino-alcohol motifs (C(OH)–C–C–N with tert-alkyl or cyclic N) is 1. The van der Waals surface area contributed by atoms with Gasteiger partial charge in [0.1, 0.15) is 17.3 Å². The predicted octanol–water partition coefficient (Wildman–Crippen LogP) is 1.63. The van der Waals surface area contributed by atoms with Gasteiger partial charge in [0.15, 0.2) is 0 Å². The van der Waals surface area contributed by atoms with E-state index >= 15 is 0 Å². The number of benzene rings is 1. The molecule has 0 amide bonds. The van der Waals surface area contributed by atoms with Gasteiger partial charge in [-0.05, 0) is 30.0 Å². The van der Waals surface area contributed by atoms with E-state index in [2.05, 4.69) is 0 Å². The molecule has 1 aliphatic heterocycles. The van der Waals surface area contributed by atoms with Crippen LogP contribution in [0, 0.1) is 17.6 Å². The summed E-state index contributed by atoms with van der Waals surface area (Å²) < 4.78 is 27.8. The summed E-state index contributed by atoms with van der Waals surface area (Å²) in [6.45, 7) is 2.85. The van der Waals surface area contributed by atoms with Crippen molar-refractivity contribution >= 4 is 5.69 Å². The second kappa shape index (κ2) is 5.20. The number of piperidine rings is 1. The topological polar surface area (TPSA) is 49.5 Å². The van der Waals surface area contributed by atoms with Gasteiger partial charge in [-0.3, -0.25) is 0 Å². The van der Waals surface area contributed by atoms with E-state index in [0.29, 0.717) is 12.1 Å². The summed E-state index contributed by atoms with van der Waals surface area (Å²) in [6.07, 6.45) is 0.172. The molecule has 2 rings (SSSR count). The van der Waals surface area contributed by atoms with E-state index < -0.39 is 17.7 Å². The first-order chi connectivity index (χ1) is 8.52. The Morgan fingerprint density at radius 2 is 2.00 bits per heavy atom. The van der Waals surface area contributed by atoms with Gasteiger partial charge < -0.3 is 15.7 Å². The number of hydrogen-bond donors (Lipinski definition) is 2. The Hall–Kier alpha value is -1.20. The van der Waals surface area contributed by atoms with Crippen molar-refractivity contribution in [1.82, 2.24) is 0 Å². The van der Waals surface area contributed by atoms with Gasteiger partial charge in [-0.25, -0.2) is 8.78 Å². The third kappa shape index (κ3) is 2.47. The Morgan fingerprint density at radius 3 is 2.50 bits per heavy atom. The van der Waals surface area contributed by atoms with Crippen LogP contribution in [0.3, 0.4) is 0 Å². The lowest BCUT2D eigenvalue weighted by Crippen LogP contribution is -2.43. The largest absolute Gasteiger partial charge is 0.391 e. The van der Waals surface area contributed by atoms with Crippen molar-refractivity contribution in [2.75, 3.05) is 18.0 Å². The van der Waals surface area contributed by atoms with Crippen molar-refractivity contribution in [2.24, 2.45) is 11.7 Å². The summed E-state index contributed by atoms with van der Waals surface area (Å²) in [5.74, 6) is -1.06.